The van der Waals surface area contributed by atoms with Crippen LogP contribution in [-0.2, 0) is 29.1 Å². The molecule has 1 aliphatic heterocycles. The van der Waals surface area contributed by atoms with Crippen LogP contribution < -0.4 is 0 Å². The number of aliphatic carboxylic acids is 1. The van der Waals surface area contributed by atoms with Gasteiger partial charge in [0.2, 0.25) is 0 Å². The van der Waals surface area contributed by atoms with Gasteiger partial charge in [0, 0.05) is 37.3 Å². The standard InChI is InChI=1S/C34H48N2O3/c1-32(2,3)24-16-23(17-25(18-24)34(6)13-14-34)27-19-29(35(7)28(27)15-22-11-9-8-10-12-22)30(37)36-20-26(21-36)33(4,5)31(38)39/h16-19,22,26H,8-15,20-21H2,1-7H3,(H,38,39). The van der Waals surface area contributed by atoms with Crippen molar-refractivity contribution in [3.63, 3.8) is 0 Å². The SMILES string of the molecule is Cn1c(C(=O)N2CC(C(C)(C)C(=O)O)C2)cc(-c2cc(C(C)(C)C)cc(C3(C)CC3)c2)c1CC1CCCCC1. The van der Waals surface area contributed by atoms with Crippen molar-refractivity contribution in [2.75, 3.05) is 13.1 Å². The largest absolute Gasteiger partial charge is 0.481 e. The van der Waals surface area contributed by atoms with Crippen LogP contribution in [0.3, 0.4) is 0 Å². The van der Waals surface area contributed by atoms with E-state index in [1.165, 1.54) is 72.9 Å². The number of carboxylic acid groups (broad SMARTS) is 1. The molecule has 0 spiro atoms. The molecule has 1 aromatic heterocycles. The molecule has 39 heavy (non-hydrogen) atoms. The number of carbonyl (C=O) groups excluding carboxylic acids is 1. The minimum absolute atomic E-state index is 0.0208. The van der Waals surface area contributed by atoms with Gasteiger partial charge in [0.05, 0.1) is 5.41 Å². The summed E-state index contributed by atoms with van der Waals surface area (Å²) in [5.41, 5.74) is 6.68. The number of likely N-dealkylation sites (tertiary alicyclic amines) is 1. The van der Waals surface area contributed by atoms with Gasteiger partial charge in [0.1, 0.15) is 5.69 Å². The zero-order valence-electron chi connectivity index (χ0n) is 25.2. The Balaban J connectivity index is 1.53. The van der Waals surface area contributed by atoms with E-state index in [1.54, 1.807) is 13.8 Å². The predicted molar refractivity (Wildman–Crippen MR) is 157 cm³/mol. The van der Waals surface area contributed by atoms with Crippen LogP contribution in [0.1, 0.15) is 114 Å². The van der Waals surface area contributed by atoms with E-state index in [0.29, 0.717) is 19.0 Å². The topological polar surface area (TPSA) is 62.5 Å². The lowest BCUT2D eigenvalue weighted by Crippen LogP contribution is -2.57. The molecule has 1 amide bonds. The summed E-state index contributed by atoms with van der Waals surface area (Å²) >= 11 is 0. The fourth-order valence-electron chi connectivity index (χ4n) is 6.49. The number of carbonyl (C=O) groups is 2. The molecule has 3 fully saturated rings. The number of benzene rings is 1. The summed E-state index contributed by atoms with van der Waals surface area (Å²) < 4.78 is 2.16. The average molecular weight is 533 g/mol. The molecule has 0 bridgehead atoms. The number of carboxylic acids is 1. The molecular formula is C34H48N2O3. The number of aromatic nitrogens is 1. The van der Waals surface area contributed by atoms with Crippen LogP contribution in [0.25, 0.3) is 11.1 Å². The highest BCUT2D eigenvalue weighted by atomic mass is 16.4. The van der Waals surface area contributed by atoms with Crippen LogP contribution in [0.2, 0.25) is 0 Å². The lowest BCUT2D eigenvalue weighted by molar-refractivity contribution is -0.153. The molecule has 0 unspecified atom stereocenters. The highest BCUT2D eigenvalue weighted by molar-refractivity contribution is 5.95. The van der Waals surface area contributed by atoms with Gasteiger partial charge < -0.3 is 14.6 Å². The first-order valence-corrected chi connectivity index (χ1v) is 15.1. The van der Waals surface area contributed by atoms with Crippen molar-refractivity contribution >= 4 is 11.9 Å². The van der Waals surface area contributed by atoms with E-state index in [9.17, 15) is 14.7 Å². The smallest absolute Gasteiger partial charge is 0.309 e. The van der Waals surface area contributed by atoms with Crippen molar-refractivity contribution in [1.29, 1.82) is 0 Å². The molecule has 0 radical (unpaired) electrons. The summed E-state index contributed by atoms with van der Waals surface area (Å²) in [6.07, 6.45) is 9.92. The first kappa shape index (κ1) is 28.0. The molecule has 212 valence electrons. The Hall–Kier alpha value is -2.56. The number of amides is 1. The van der Waals surface area contributed by atoms with Crippen LogP contribution in [0, 0.1) is 17.3 Å². The van der Waals surface area contributed by atoms with Gasteiger partial charge in [-0.3, -0.25) is 9.59 Å². The van der Waals surface area contributed by atoms with Crippen molar-refractivity contribution in [2.45, 2.75) is 104 Å². The van der Waals surface area contributed by atoms with Crippen molar-refractivity contribution in [2.24, 2.45) is 24.3 Å². The summed E-state index contributed by atoms with van der Waals surface area (Å²) in [6, 6.07) is 9.30. The molecular weight excluding hydrogens is 484 g/mol. The van der Waals surface area contributed by atoms with Crippen LogP contribution in [0.5, 0.6) is 0 Å². The number of hydrogen-bond acceptors (Lipinski definition) is 2. The monoisotopic (exact) mass is 532 g/mol. The summed E-state index contributed by atoms with van der Waals surface area (Å²) in [7, 11) is 2.06. The Morgan fingerprint density at radius 1 is 0.974 bits per heavy atom. The molecule has 2 saturated carbocycles. The number of hydrogen-bond donors (Lipinski definition) is 1. The van der Waals surface area contributed by atoms with E-state index >= 15 is 0 Å². The van der Waals surface area contributed by atoms with Crippen LogP contribution in [0.4, 0.5) is 0 Å². The zero-order chi connectivity index (χ0) is 28.3. The molecule has 2 aromatic rings. The van der Waals surface area contributed by atoms with Gasteiger partial charge in [0.25, 0.3) is 5.91 Å². The third-order valence-corrected chi connectivity index (χ3v) is 10.3. The number of rotatable bonds is 7. The first-order valence-electron chi connectivity index (χ1n) is 15.1. The van der Waals surface area contributed by atoms with E-state index in [2.05, 4.69) is 63.6 Å². The molecule has 5 heteroatoms. The summed E-state index contributed by atoms with van der Waals surface area (Å²) in [5.74, 6) is -0.141. The van der Waals surface area contributed by atoms with Gasteiger partial charge in [0.15, 0.2) is 0 Å². The minimum atomic E-state index is -0.828. The minimum Gasteiger partial charge on any atom is -0.481 e. The summed E-state index contributed by atoms with van der Waals surface area (Å²) in [5, 5.41) is 9.64. The average Bonchev–Trinajstić information content (AvgIpc) is 3.52. The molecule has 1 saturated heterocycles. The molecule has 2 heterocycles. The van der Waals surface area contributed by atoms with Gasteiger partial charge in [-0.05, 0) is 72.6 Å². The van der Waals surface area contributed by atoms with E-state index in [4.69, 9.17) is 0 Å². The molecule has 1 aromatic carbocycles. The van der Waals surface area contributed by atoms with Gasteiger partial charge in [-0.2, -0.15) is 0 Å². The van der Waals surface area contributed by atoms with Crippen LogP contribution in [0.15, 0.2) is 24.3 Å². The van der Waals surface area contributed by atoms with E-state index in [0.717, 1.165) is 12.1 Å². The Bertz CT molecular complexity index is 1240. The third-order valence-electron chi connectivity index (χ3n) is 10.3. The fraction of sp³-hybridized carbons (Fsp3) is 0.647. The summed E-state index contributed by atoms with van der Waals surface area (Å²) in [4.78, 5) is 27.4. The maximum Gasteiger partial charge on any atom is 0.309 e. The van der Waals surface area contributed by atoms with Gasteiger partial charge >= 0.3 is 5.97 Å². The molecule has 2 aliphatic carbocycles. The van der Waals surface area contributed by atoms with Crippen molar-refractivity contribution in [3.8, 4) is 11.1 Å². The lowest BCUT2D eigenvalue weighted by atomic mass is 9.74. The van der Waals surface area contributed by atoms with Crippen molar-refractivity contribution in [1.82, 2.24) is 9.47 Å². The summed E-state index contributed by atoms with van der Waals surface area (Å²) in [6.45, 7) is 13.8. The second kappa shape index (κ2) is 9.82. The Kier molecular flexibility index (Phi) is 7.04. The normalized spacial score (nSPS) is 20.1. The quantitative estimate of drug-likeness (QED) is 0.406. The van der Waals surface area contributed by atoms with E-state index in [1.807, 2.05) is 4.90 Å². The maximum atomic E-state index is 13.8. The van der Waals surface area contributed by atoms with Gasteiger partial charge in [-0.15, -0.1) is 0 Å². The van der Waals surface area contributed by atoms with Crippen molar-refractivity contribution < 1.29 is 14.7 Å². The molecule has 5 rings (SSSR count). The Labute approximate surface area is 235 Å². The molecule has 3 aliphatic rings. The second-order valence-electron chi connectivity index (χ2n) is 14.7. The van der Waals surface area contributed by atoms with Crippen molar-refractivity contribution in [3.05, 3.63) is 46.8 Å². The third kappa shape index (κ3) is 5.30. The van der Waals surface area contributed by atoms with Gasteiger partial charge in [-0.1, -0.05) is 78.0 Å². The second-order valence-corrected chi connectivity index (χ2v) is 14.7. The fourth-order valence-corrected chi connectivity index (χ4v) is 6.49. The maximum absolute atomic E-state index is 13.8. The molecule has 0 atom stereocenters. The van der Waals surface area contributed by atoms with Crippen LogP contribution in [-0.4, -0.2) is 39.5 Å². The first-order chi connectivity index (χ1) is 18.2. The molecule has 1 N–H and O–H groups in total. The highest BCUT2D eigenvalue weighted by Gasteiger charge is 2.46. The lowest BCUT2D eigenvalue weighted by Gasteiger charge is -2.45. The zero-order valence-corrected chi connectivity index (χ0v) is 25.2. The van der Waals surface area contributed by atoms with E-state index in [-0.39, 0.29) is 22.7 Å². The Morgan fingerprint density at radius 3 is 2.18 bits per heavy atom. The predicted octanol–water partition coefficient (Wildman–Crippen LogP) is 7.35. The highest BCUT2D eigenvalue weighted by Crippen LogP contribution is 2.49. The van der Waals surface area contributed by atoms with Gasteiger partial charge in [-0.25, -0.2) is 0 Å². The number of nitrogens with zero attached hydrogens (tertiary/aromatic N) is 2. The molecule has 5 nitrogen and oxygen atoms in total. The van der Waals surface area contributed by atoms with Crippen LogP contribution >= 0.6 is 0 Å². The van der Waals surface area contributed by atoms with E-state index < -0.39 is 11.4 Å². The Morgan fingerprint density at radius 2 is 1.62 bits per heavy atom.